The number of hydrogen-bond donors (Lipinski definition) is 0. The van der Waals surface area contributed by atoms with E-state index in [0.717, 1.165) is 12.8 Å². The standard InChI is InChI=1S/C30H44O6Si/c1-8-9-16-21-34-29-28(33-7)27(32-6)26(31-5)25(36-29)22-35-37(30(2,3)4,23-17-12-10-13-18-23)24-19-14-11-15-20-24/h8,10-15,17-20,25-29H,1,9,16,21-22H2,2-7H3/t25-,26-,27+,28+,29+/m1/s1. The smallest absolute Gasteiger partial charge is 0.261 e. The third kappa shape index (κ3) is 6.60. The predicted octanol–water partition coefficient (Wildman–Crippen LogP) is 4.32. The van der Waals surface area contributed by atoms with Crippen molar-refractivity contribution in [2.75, 3.05) is 34.5 Å². The molecule has 2 aromatic carbocycles. The van der Waals surface area contributed by atoms with E-state index in [0.29, 0.717) is 13.2 Å². The van der Waals surface area contributed by atoms with Crippen molar-refractivity contribution in [1.29, 1.82) is 0 Å². The van der Waals surface area contributed by atoms with E-state index in [9.17, 15) is 0 Å². The van der Waals surface area contributed by atoms with Crippen molar-refractivity contribution < 1.29 is 28.1 Å². The fourth-order valence-electron chi connectivity index (χ4n) is 5.34. The first-order chi connectivity index (χ1) is 17.8. The van der Waals surface area contributed by atoms with Crippen LogP contribution in [0, 0.1) is 0 Å². The minimum atomic E-state index is -2.75. The number of unbranched alkanes of at least 4 members (excludes halogenated alkanes) is 1. The van der Waals surface area contributed by atoms with Crippen LogP contribution in [0.2, 0.25) is 5.04 Å². The van der Waals surface area contributed by atoms with Gasteiger partial charge in [0.05, 0.1) is 13.2 Å². The molecule has 0 bridgehead atoms. The van der Waals surface area contributed by atoms with Gasteiger partial charge < -0.3 is 28.1 Å². The largest absolute Gasteiger partial charge is 0.405 e. The number of benzene rings is 2. The summed E-state index contributed by atoms with van der Waals surface area (Å²) in [5.74, 6) is 0. The Balaban J connectivity index is 1.96. The van der Waals surface area contributed by atoms with E-state index in [1.165, 1.54) is 10.4 Å². The summed E-state index contributed by atoms with van der Waals surface area (Å²) in [6.45, 7) is 11.4. The average Bonchev–Trinajstić information content (AvgIpc) is 2.91. The first kappa shape index (κ1) is 29.7. The Kier molecular flexibility index (Phi) is 11.1. The van der Waals surface area contributed by atoms with Gasteiger partial charge in [0.25, 0.3) is 8.32 Å². The second kappa shape index (κ2) is 13.8. The molecule has 0 amide bonds. The summed E-state index contributed by atoms with van der Waals surface area (Å²) in [6.07, 6.45) is 1.42. The van der Waals surface area contributed by atoms with Gasteiger partial charge in [0.15, 0.2) is 6.29 Å². The number of rotatable bonds is 13. The highest BCUT2D eigenvalue weighted by molar-refractivity contribution is 6.99. The van der Waals surface area contributed by atoms with Crippen molar-refractivity contribution >= 4 is 18.7 Å². The summed E-state index contributed by atoms with van der Waals surface area (Å²) in [5.41, 5.74) is 0. The third-order valence-electron chi connectivity index (χ3n) is 7.12. The monoisotopic (exact) mass is 528 g/mol. The molecule has 0 unspecified atom stereocenters. The Morgan fingerprint density at radius 2 is 1.38 bits per heavy atom. The topological polar surface area (TPSA) is 55.4 Å². The van der Waals surface area contributed by atoms with Crippen molar-refractivity contribution in [1.82, 2.24) is 0 Å². The molecule has 1 fully saturated rings. The van der Waals surface area contributed by atoms with Gasteiger partial charge in [0.2, 0.25) is 0 Å². The van der Waals surface area contributed by atoms with E-state index in [4.69, 9.17) is 28.1 Å². The van der Waals surface area contributed by atoms with Crippen molar-refractivity contribution in [2.45, 2.75) is 69.4 Å². The molecule has 7 heteroatoms. The van der Waals surface area contributed by atoms with Crippen LogP contribution in [-0.4, -0.2) is 73.6 Å². The molecule has 5 atom stereocenters. The van der Waals surface area contributed by atoms with Gasteiger partial charge in [-0.25, -0.2) is 0 Å². The molecule has 0 spiro atoms. The molecule has 1 aliphatic rings. The van der Waals surface area contributed by atoms with Gasteiger partial charge in [-0.2, -0.15) is 0 Å². The van der Waals surface area contributed by atoms with Gasteiger partial charge in [-0.15, -0.1) is 6.58 Å². The Morgan fingerprint density at radius 1 is 0.838 bits per heavy atom. The second-order valence-electron chi connectivity index (χ2n) is 10.4. The summed E-state index contributed by atoms with van der Waals surface area (Å²) in [6, 6.07) is 21.2. The average molecular weight is 529 g/mol. The zero-order valence-corrected chi connectivity index (χ0v) is 24.2. The molecule has 6 nitrogen and oxygen atoms in total. The lowest BCUT2D eigenvalue weighted by molar-refractivity contribution is -0.311. The predicted molar refractivity (Wildman–Crippen MR) is 150 cm³/mol. The second-order valence-corrected chi connectivity index (χ2v) is 14.7. The first-order valence-corrected chi connectivity index (χ1v) is 15.0. The van der Waals surface area contributed by atoms with Gasteiger partial charge in [0, 0.05) is 21.3 Å². The third-order valence-corrected chi connectivity index (χ3v) is 12.1. The van der Waals surface area contributed by atoms with Crippen LogP contribution in [0.1, 0.15) is 33.6 Å². The molecule has 3 rings (SSSR count). The maximum Gasteiger partial charge on any atom is 0.261 e. The molecule has 1 saturated heterocycles. The van der Waals surface area contributed by atoms with Crippen molar-refractivity contribution in [3.05, 3.63) is 73.3 Å². The van der Waals surface area contributed by atoms with E-state index in [-0.39, 0.29) is 17.2 Å². The van der Waals surface area contributed by atoms with Crippen molar-refractivity contribution in [3.8, 4) is 0 Å². The van der Waals surface area contributed by atoms with Crippen molar-refractivity contribution in [3.63, 3.8) is 0 Å². The van der Waals surface area contributed by atoms with Crippen LogP contribution in [0.5, 0.6) is 0 Å². The fourth-order valence-corrected chi connectivity index (χ4v) is 9.91. The molecule has 1 heterocycles. The van der Waals surface area contributed by atoms with Crippen LogP contribution in [0.15, 0.2) is 73.3 Å². The van der Waals surface area contributed by atoms with Gasteiger partial charge in [-0.1, -0.05) is 87.5 Å². The van der Waals surface area contributed by atoms with Crippen LogP contribution in [-0.2, 0) is 28.1 Å². The molecule has 0 radical (unpaired) electrons. The van der Waals surface area contributed by atoms with Crippen LogP contribution < -0.4 is 10.4 Å². The molecular weight excluding hydrogens is 484 g/mol. The maximum absolute atomic E-state index is 7.16. The van der Waals surface area contributed by atoms with Crippen LogP contribution in [0.25, 0.3) is 0 Å². The van der Waals surface area contributed by atoms with Crippen LogP contribution in [0.4, 0.5) is 0 Å². The minimum Gasteiger partial charge on any atom is -0.405 e. The lowest BCUT2D eigenvalue weighted by Gasteiger charge is -2.47. The van der Waals surface area contributed by atoms with Crippen LogP contribution >= 0.6 is 0 Å². The first-order valence-electron chi connectivity index (χ1n) is 13.0. The van der Waals surface area contributed by atoms with E-state index in [1.807, 2.05) is 18.2 Å². The molecule has 204 valence electrons. The molecule has 0 aliphatic carbocycles. The normalized spacial score (nSPS) is 24.6. The minimum absolute atomic E-state index is 0.150. The van der Waals surface area contributed by atoms with Crippen LogP contribution in [0.3, 0.4) is 0 Å². The Labute approximate surface area is 224 Å². The molecule has 0 aromatic heterocycles. The highest BCUT2D eigenvalue weighted by Gasteiger charge is 2.53. The lowest BCUT2D eigenvalue weighted by Crippen LogP contribution is -2.68. The van der Waals surface area contributed by atoms with E-state index < -0.39 is 26.8 Å². The molecule has 1 aliphatic heterocycles. The highest BCUT2D eigenvalue weighted by Crippen LogP contribution is 2.38. The van der Waals surface area contributed by atoms with Gasteiger partial charge in [-0.3, -0.25) is 0 Å². The van der Waals surface area contributed by atoms with Gasteiger partial charge in [-0.05, 0) is 28.3 Å². The zero-order chi connectivity index (χ0) is 26.9. The number of hydrogen-bond acceptors (Lipinski definition) is 6. The Hall–Kier alpha value is -1.84. The summed E-state index contributed by atoms with van der Waals surface area (Å²) >= 11 is 0. The zero-order valence-electron chi connectivity index (χ0n) is 23.2. The fraction of sp³-hybridized carbons (Fsp3) is 0.533. The van der Waals surface area contributed by atoms with Gasteiger partial charge >= 0.3 is 0 Å². The Bertz CT molecular complexity index is 893. The number of ether oxygens (including phenoxy) is 5. The van der Waals surface area contributed by atoms with Gasteiger partial charge in [0.1, 0.15) is 24.4 Å². The number of allylic oxidation sites excluding steroid dienone is 1. The van der Waals surface area contributed by atoms with E-state index in [1.54, 1.807) is 21.3 Å². The van der Waals surface area contributed by atoms with E-state index >= 15 is 0 Å². The Morgan fingerprint density at radius 3 is 1.84 bits per heavy atom. The maximum atomic E-state index is 7.16. The quantitative estimate of drug-likeness (QED) is 0.219. The SMILES string of the molecule is C=CCCCO[C@H]1O[C@H](CO[Si](c2ccccc2)(c2ccccc2)C(C)(C)C)[C@@H](OC)[C@H](OC)[C@@H]1OC. The van der Waals surface area contributed by atoms with Crippen molar-refractivity contribution in [2.24, 2.45) is 0 Å². The summed E-state index contributed by atoms with van der Waals surface area (Å²) in [4.78, 5) is 0. The molecule has 2 aromatic rings. The highest BCUT2D eigenvalue weighted by atomic mass is 28.4. The molecular formula is C30H44O6Si. The lowest BCUT2D eigenvalue weighted by atomic mass is 9.98. The summed E-state index contributed by atoms with van der Waals surface area (Å²) < 4.78 is 37.4. The molecule has 0 saturated carbocycles. The summed E-state index contributed by atoms with van der Waals surface area (Å²) in [7, 11) is 2.24. The van der Waals surface area contributed by atoms with E-state index in [2.05, 4.69) is 75.9 Å². The number of methoxy groups -OCH3 is 3. The molecule has 37 heavy (non-hydrogen) atoms. The molecule has 0 N–H and O–H groups in total. The summed E-state index contributed by atoms with van der Waals surface area (Å²) in [5, 5.41) is 2.28.